The number of aromatic hydroxyl groups is 1. The number of aliphatic hydroxyl groups excluding tert-OH is 5. The Bertz CT molecular complexity index is 4790. The Morgan fingerprint density at radius 3 is 1.10 bits per heavy atom. The number of benzene rings is 6. The Balaban J connectivity index is 0.000000300. The van der Waals surface area contributed by atoms with Gasteiger partial charge in [-0.05, 0) is 184 Å². The molecule has 124 heavy (non-hydrogen) atoms. The predicted molar refractivity (Wildman–Crippen MR) is 494 cm³/mol. The molecule has 0 bridgehead atoms. The van der Waals surface area contributed by atoms with Crippen LogP contribution >= 0.6 is 45.3 Å². The van der Waals surface area contributed by atoms with E-state index in [0.29, 0.717) is 49.0 Å². The molecule has 4 unspecified atom stereocenters. The van der Waals surface area contributed by atoms with Gasteiger partial charge in [-0.1, -0.05) is 148 Å². The second kappa shape index (κ2) is 61.9. The van der Waals surface area contributed by atoms with Crippen molar-refractivity contribution >= 4 is 110 Å². The number of isocyanates is 1. The minimum absolute atomic E-state index is 0. The monoisotopic (exact) mass is 2100 g/mol. The van der Waals surface area contributed by atoms with Crippen LogP contribution in [0.3, 0.4) is 0 Å². The van der Waals surface area contributed by atoms with Crippen LogP contribution in [0.1, 0.15) is 98.1 Å². The van der Waals surface area contributed by atoms with Gasteiger partial charge >= 0.3 is 18.0 Å². The maximum absolute atomic E-state index is 11.6. The number of thiophene rings is 4. The average Bonchev–Trinajstić information content (AvgIpc) is 1.70. The van der Waals surface area contributed by atoms with Gasteiger partial charge in [0.05, 0.1) is 37.5 Å². The molecule has 14 aromatic rings. The van der Waals surface area contributed by atoms with Crippen molar-refractivity contribution in [1.82, 2.24) is 25.3 Å². The van der Waals surface area contributed by atoms with Crippen LogP contribution in [0.4, 0.5) is 4.79 Å². The second-order valence-corrected chi connectivity index (χ2v) is 30.9. The number of phenols is 1. The molecule has 0 spiro atoms. The standard InChI is InChI=1S/C19H27NO6.4C13H8NS.C12H18O3.C7H9NO3.C4H8O.C2H6O.C2H6.2Ir/c1-13(2)18(23)25-11-10-20-19(24)26-17-8-5-15(6-9-17)4-7-16(22)12-14(3)21;4*1-2-7-12-10(5-1)9-13(15-12)11-6-3-4-8-14-11;1-9(13)8-12(15)7-4-10-2-5-11(14)6-3-10;1-6(2)7(10)11-4-3-8-5-9;1-2-4-5-3-1;1-2-3;1-2;;/h5-6,8-9,14,16,21-22H,1,4,7,10-12H2,2-3H3,(H,20,24);4*1-8H;2-3,5-6,9,12-15H,4,7-8H2,1H3;1,3-4H2,2H3;1-4H2;3H,2H2,1H3;1-2H3;;/q;4*-1;;;;;;;. The molecule has 2 radical (unpaired) electrons. The number of fused-ring (bicyclic) bond motifs is 4. The summed E-state index contributed by atoms with van der Waals surface area (Å²) >= 11 is 6.93. The van der Waals surface area contributed by atoms with Crippen LogP contribution in [0.15, 0.2) is 272 Å². The van der Waals surface area contributed by atoms with E-state index in [9.17, 15) is 34.5 Å². The van der Waals surface area contributed by atoms with E-state index in [1.54, 1.807) is 104 Å². The maximum atomic E-state index is 11.6. The van der Waals surface area contributed by atoms with E-state index in [4.69, 9.17) is 29.5 Å². The van der Waals surface area contributed by atoms with Gasteiger partial charge in [0.25, 0.3) is 0 Å². The van der Waals surface area contributed by atoms with Gasteiger partial charge in [-0.3, -0.25) is 0 Å². The molecule has 1 saturated heterocycles. The number of nitrogens with one attached hydrogen (secondary N) is 1. The smallest absolute Gasteiger partial charge is 0.412 e. The van der Waals surface area contributed by atoms with Crippen molar-refractivity contribution < 1.29 is 109 Å². The van der Waals surface area contributed by atoms with Crippen molar-refractivity contribution in [2.24, 2.45) is 4.99 Å². The van der Waals surface area contributed by atoms with Crippen LogP contribution in [-0.4, -0.2) is 145 Å². The summed E-state index contributed by atoms with van der Waals surface area (Å²) < 4.78 is 24.5. The van der Waals surface area contributed by atoms with E-state index in [2.05, 4.69) is 145 Å². The summed E-state index contributed by atoms with van der Waals surface area (Å²) in [6.07, 6.45) is 11.9. The van der Waals surface area contributed by atoms with Gasteiger partial charge in [0.1, 0.15) is 24.7 Å². The number of ether oxygens (including phenoxy) is 4. The third-order valence-corrected chi connectivity index (χ3v) is 20.8. The minimum atomic E-state index is -0.642. The van der Waals surface area contributed by atoms with E-state index in [1.165, 1.54) is 59.3 Å². The predicted octanol–water partition coefficient (Wildman–Crippen LogP) is 20.7. The number of aliphatic imine (C=N–C) groups is 1. The van der Waals surface area contributed by atoms with Gasteiger partial charge in [0, 0.05) is 119 Å². The van der Waals surface area contributed by atoms with E-state index in [-0.39, 0.29) is 78.9 Å². The van der Waals surface area contributed by atoms with Crippen LogP contribution in [0.2, 0.25) is 0 Å². The third kappa shape index (κ3) is 41.5. The van der Waals surface area contributed by atoms with E-state index >= 15 is 0 Å². The van der Waals surface area contributed by atoms with Crippen molar-refractivity contribution in [2.75, 3.05) is 46.1 Å². The summed E-state index contributed by atoms with van der Waals surface area (Å²) in [5, 5.41) is 61.4. The van der Waals surface area contributed by atoms with Crippen LogP contribution in [0.5, 0.6) is 11.5 Å². The van der Waals surface area contributed by atoms with Crippen LogP contribution < -0.4 is 10.1 Å². The maximum Gasteiger partial charge on any atom is 0.412 e. The zero-order valence-corrected chi connectivity index (χ0v) is 78.5. The molecule has 7 N–H and O–H groups in total. The van der Waals surface area contributed by atoms with Gasteiger partial charge in [-0.15, -0.1) is 94.3 Å². The number of hydrogen-bond acceptors (Lipinski definition) is 23. The molecule has 15 rings (SSSR count). The molecule has 4 atom stereocenters. The molecule has 8 aromatic heterocycles. The number of aromatic nitrogens is 4. The quantitative estimate of drug-likeness (QED) is 0.00782. The normalized spacial score (nSPS) is 11.5. The number of hydrogen-bond donors (Lipinski definition) is 7. The number of pyridine rings is 4. The molecule has 0 aliphatic carbocycles. The Kier molecular flexibility index (Phi) is 52.9. The van der Waals surface area contributed by atoms with Gasteiger partial charge in [0.2, 0.25) is 6.08 Å². The number of aliphatic hydroxyl groups is 5. The number of rotatable bonds is 23. The van der Waals surface area contributed by atoms with Crippen LogP contribution in [0, 0.1) is 24.3 Å². The number of amides is 1. The van der Waals surface area contributed by atoms with Gasteiger partial charge < -0.3 is 74.8 Å². The molecular formula is C98H106Ir2N6O14S4-4. The van der Waals surface area contributed by atoms with Crippen LogP contribution in [-0.2, 0) is 81.6 Å². The van der Waals surface area contributed by atoms with E-state index in [0.717, 1.165) is 73.0 Å². The Hall–Kier alpha value is -10.3. The number of esters is 2. The molecule has 1 aliphatic heterocycles. The molecule has 6 aromatic carbocycles. The van der Waals surface area contributed by atoms with Crippen molar-refractivity contribution in [2.45, 2.75) is 124 Å². The average molecular weight is 2100 g/mol. The second-order valence-electron chi connectivity index (χ2n) is 26.7. The number of aryl methyl sites for hydroxylation is 2. The van der Waals surface area contributed by atoms with E-state index < -0.39 is 42.4 Å². The SMILES string of the molecule is C1CCOC1.C=C(C)C(=O)OCCN=C=O.C=C(C)C(=O)OCCNC(=O)Oc1ccc(CCC(O)CC(C)O)cc1.CC.CC(O)CC(O)CCc1ccc(O)cc1.CCO.[Ir].[Ir].[c-]1c(-c2ccccn2)sc2ccccc12.[c-]1c(-c2ccccn2)sc2ccccc12.[c-]1c(-c2ccccn2)sc2ccccc12.[c-]1c(-c2ccccn2)sc2ccccc12. The fourth-order valence-corrected chi connectivity index (χ4v) is 14.6. The number of carbonyl (C=O) groups is 3. The van der Waals surface area contributed by atoms with Crippen molar-refractivity contribution in [1.29, 1.82) is 0 Å². The van der Waals surface area contributed by atoms with E-state index in [1.807, 2.05) is 160 Å². The summed E-state index contributed by atoms with van der Waals surface area (Å²) in [5.74, 6) is -0.335. The third-order valence-electron chi connectivity index (χ3n) is 16.4. The molecule has 1 amide bonds. The first-order valence-corrected chi connectivity index (χ1v) is 43.2. The van der Waals surface area contributed by atoms with Crippen LogP contribution in [0.25, 0.3) is 82.6 Å². The largest absolute Gasteiger partial charge is 0.508 e. The first-order chi connectivity index (χ1) is 59.2. The Morgan fingerprint density at radius 2 is 0.815 bits per heavy atom. The first kappa shape index (κ1) is 106. The summed E-state index contributed by atoms with van der Waals surface area (Å²) in [5.41, 5.74) is 6.70. The first-order valence-electron chi connectivity index (χ1n) is 39.9. The zero-order chi connectivity index (χ0) is 88.1. The molecule has 9 heterocycles. The molecule has 26 heteroatoms. The fourth-order valence-electron chi connectivity index (χ4n) is 10.6. The molecule has 0 saturated carbocycles. The Morgan fingerprint density at radius 1 is 0.500 bits per heavy atom. The van der Waals surface area contributed by atoms with Crippen molar-refractivity contribution in [3.8, 4) is 53.8 Å². The molecule has 1 aliphatic rings. The Labute approximate surface area is 769 Å². The van der Waals surface area contributed by atoms with Crippen molar-refractivity contribution in [3.63, 3.8) is 0 Å². The fraction of sp³-hybridized carbons (Fsp3) is 0.265. The summed E-state index contributed by atoms with van der Waals surface area (Å²) in [6, 6.07) is 84.3. The molecule has 658 valence electrons. The topological polar surface area (TPSA) is 303 Å². The summed E-state index contributed by atoms with van der Waals surface area (Å²) in [4.78, 5) is 67.9. The summed E-state index contributed by atoms with van der Waals surface area (Å²) in [7, 11) is 0. The minimum Gasteiger partial charge on any atom is -0.508 e. The number of carbonyl (C=O) groups excluding carboxylic acids is 4. The summed E-state index contributed by atoms with van der Waals surface area (Å²) in [6.45, 7) is 21.6. The molecular weight excluding hydrogens is 2000 g/mol. The van der Waals surface area contributed by atoms with Gasteiger partial charge in [-0.25, -0.2) is 69.5 Å². The number of phenolic OH excluding ortho intramolecular Hbond substituents is 1. The van der Waals surface area contributed by atoms with Gasteiger partial charge in [-0.2, -0.15) is 0 Å². The van der Waals surface area contributed by atoms with Crippen molar-refractivity contribution in [3.05, 3.63) is 303 Å². The van der Waals surface area contributed by atoms with Gasteiger partial charge in [0.15, 0.2) is 0 Å². The molecule has 1 fully saturated rings. The number of nitrogens with zero attached hydrogens (tertiary/aromatic N) is 5. The molecule has 20 nitrogen and oxygen atoms in total. The zero-order valence-electron chi connectivity index (χ0n) is 70.4.